The monoisotopic (exact) mass is 263 g/mol. The Morgan fingerprint density at radius 2 is 2.12 bits per heavy atom. The van der Waals surface area contributed by atoms with Gasteiger partial charge in [-0.2, -0.15) is 0 Å². The summed E-state index contributed by atoms with van der Waals surface area (Å²) in [5.74, 6) is -0.545. The van der Waals surface area contributed by atoms with Crippen molar-refractivity contribution < 1.29 is 17.9 Å². The quantitative estimate of drug-likeness (QED) is 0.839. The van der Waals surface area contributed by atoms with Crippen molar-refractivity contribution in [1.29, 1.82) is 0 Å². The molecule has 0 bridgehead atoms. The van der Waals surface area contributed by atoms with Gasteiger partial charge in [0.2, 0.25) is 10.0 Å². The number of hydrogen-bond acceptors (Lipinski definition) is 5. The largest absolute Gasteiger partial charge is 0.465 e. The van der Waals surface area contributed by atoms with Crippen LogP contribution in [0, 0.1) is 0 Å². The van der Waals surface area contributed by atoms with Gasteiger partial charge in [-0.1, -0.05) is 0 Å². The second-order valence-corrected chi connectivity index (χ2v) is 6.50. The van der Waals surface area contributed by atoms with Crippen LogP contribution in [0.15, 0.2) is 11.4 Å². The van der Waals surface area contributed by atoms with Crippen LogP contribution in [0.1, 0.15) is 23.5 Å². The minimum atomic E-state index is -3.44. The van der Waals surface area contributed by atoms with E-state index in [4.69, 9.17) is 0 Å². The Kier molecular flexibility index (Phi) is 3.93. The summed E-state index contributed by atoms with van der Waals surface area (Å²) in [7, 11) is -2.18. The van der Waals surface area contributed by atoms with E-state index in [1.807, 2.05) is 0 Å². The Balaban J connectivity index is 3.00. The van der Waals surface area contributed by atoms with Crippen LogP contribution in [-0.2, 0) is 14.8 Å². The minimum Gasteiger partial charge on any atom is -0.465 e. The zero-order valence-corrected chi connectivity index (χ0v) is 10.8. The van der Waals surface area contributed by atoms with Gasteiger partial charge in [-0.15, -0.1) is 11.3 Å². The number of thiophene rings is 1. The fourth-order valence-corrected chi connectivity index (χ4v) is 2.45. The molecular weight excluding hydrogens is 250 g/mol. The summed E-state index contributed by atoms with van der Waals surface area (Å²) in [6.45, 7) is 3.12. The number of nitrogens with one attached hydrogen (secondary N) is 1. The van der Waals surface area contributed by atoms with Gasteiger partial charge in [0.05, 0.1) is 18.0 Å². The van der Waals surface area contributed by atoms with Crippen molar-refractivity contribution in [3.8, 4) is 0 Å². The van der Waals surface area contributed by atoms with Crippen molar-refractivity contribution in [2.24, 2.45) is 0 Å². The molecule has 0 fully saturated rings. The Morgan fingerprint density at radius 1 is 1.50 bits per heavy atom. The van der Waals surface area contributed by atoms with Crippen LogP contribution < -0.4 is 4.72 Å². The molecule has 5 nitrogen and oxygen atoms in total. The van der Waals surface area contributed by atoms with E-state index in [0.29, 0.717) is 0 Å². The first kappa shape index (κ1) is 13.0. The molecule has 0 aliphatic heterocycles. The molecule has 0 amide bonds. The normalized spacial score (nSPS) is 11.5. The van der Waals surface area contributed by atoms with Crippen molar-refractivity contribution in [3.63, 3.8) is 0 Å². The van der Waals surface area contributed by atoms with Crippen molar-refractivity contribution in [3.05, 3.63) is 16.3 Å². The average Bonchev–Trinajstić information content (AvgIpc) is 2.63. The molecule has 0 saturated heterocycles. The van der Waals surface area contributed by atoms with Gasteiger partial charge in [0.1, 0.15) is 4.88 Å². The molecule has 1 aromatic heterocycles. The van der Waals surface area contributed by atoms with Crippen LogP contribution in [0.5, 0.6) is 0 Å². The van der Waals surface area contributed by atoms with Crippen molar-refractivity contribution >= 4 is 33.0 Å². The SMILES string of the molecule is COC(=O)c1sccc1NS(=O)(=O)C(C)C. The van der Waals surface area contributed by atoms with E-state index in [1.165, 1.54) is 13.2 Å². The summed E-state index contributed by atoms with van der Waals surface area (Å²) < 4.78 is 30.1. The van der Waals surface area contributed by atoms with Gasteiger partial charge in [-0.3, -0.25) is 4.72 Å². The summed E-state index contributed by atoms with van der Waals surface area (Å²) in [5.41, 5.74) is 0.269. The van der Waals surface area contributed by atoms with Crippen molar-refractivity contribution in [2.45, 2.75) is 19.1 Å². The molecular formula is C9H13NO4S2. The summed E-state index contributed by atoms with van der Waals surface area (Å²) in [6, 6.07) is 1.54. The highest BCUT2D eigenvalue weighted by atomic mass is 32.2. The van der Waals surface area contributed by atoms with E-state index in [0.717, 1.165) is 11.3 Å². The molecule has 0 radical (unpaired) electrons. The van der Waals surface area contributed by atoms with Crippen molar-refractivity contribution in [1.82, 2.24) is 0 Å². The molecule has 0 atom stereocenters. The third-order valence-corrected chi connectivity index (χ3v) is 4.55. The Hall–Kier alpha value is -1.08. The van der Waals surface area contributed by atoms with Crippen molar-refractivity contribution in [2.75, 3.05) is 11.8 Å². The van der Waals surface area contributed by atoms with Gasteiger partial charge >= 0.3 is 5.97 Å². The van der Waals surface area contributed by atoms with E-state index in [1.54, 1.807) is 19.2 Å². The van der Waals surface area contributed by atoms with Gasteiger partial charge in [-0.05, 0) is 25.3 Å². The number of rotatable bonds is 4. The van der Waals surface area contributed by atoms with Gasteiger partial charge in [0.15, 0.2) is 0 Å². The zero-order chi connectivity index (χ0) is 12.3. The predicted octanol–water partition coefficient (Wildman–Crippen LogP) is 1.68. The average molecular weight is 263 g/mol. The van der Waals surface area contributed by atoms with Crippen LogP contribution in [-0.4, -0.2) is 26.7 Å². The van der Waals surface area contributed by atoms with Gasteiger partial charge in [-0.25, -0.2) is 13.2 Å². The molecule has 0 unspecified atom stereocenters. The number of sulfonamides is 1. The maximum atomic E-state index is 11.6. The Labute approximate surface area is 98.5 Å². The number of anilines is 1. The maximum absolute atomic E-state index is 11.6. The highest BCUT2D eigenvalue weighted by molar-refractivity contribution is 7.93. The maximum Gasteiger partial charge on any atom is 0.350 e. The molecule has 0 saturated carbocycles. The van der Waals surface area contributed by atoms with Crippen LogP contribution in [0.3, 0.4) is 0 Å². The molecule has 90 valence electrons. The fourth-order valence-electron chi connectivity index (χ4n) is 0.912. The number of ether oxygens (including phenoxy) is 1. The number of carbonyl (C=O) groups is 1. The highest BCUT2D eigenvalue weighted by Gasteiger charge is 2.20. The molecule has 1 rings (SSSR count). The first-order valence-corrected chi connectivity index (χ1v) is 6.98. The first-order chi connectivity index (χ1) is 7.38. The van der Waals surface area contributed by atoms with E-state index in [9.17, 15) is 13.2 Å². The summed E-state index contributed by atoms with van der Waals surface area (Å²) in [5, 5.41) is 1.07. The second kappa shape index (κ2) is 4.84. The predicted molar refractivity (Wildman–Crippen MR) is 63.3 cm³/mol. The third kappa shape index (κ3) is 2.73. The lowest BCUT2D eigenvalue weighted by atomic mass is 10.4. The van der Waals surface area contributed by atoms with E-state index in [-0.39, 0.29) is 10.6 Å². The highest BCUT2D eigenvalue weighted by Crippen LogP contribution is 2.24. The van der Waals surface area contributed by atoms with Crippen LogP contribution in [0.2, 0.25) is 0 Å². The molecule has 1 N–H and O–H groups in total. The van der Waals surface area contributed by atoms with Crippen LogP contribution in [0.4, 0.5) is 5.69 Å². The lowest BCUT2D eigenvalue weighted by Crippen LogP contribution is -2.23. The van der Waals surface area contributed by atoms with Gasteiger partial charge < -0.3 is 4.74 Å². The van der Waals surface area contributed by atoms with Gasteiger partial charge in [0.25, 0.3) is 0 Å². The van der Waals surface area contributed by atoms with E-state index in [2.05, 4.69) is 9.46 Å². The lowest BCUT2D eigenvalue weighted by Gasteiger charge is -2.10. The minimum absolute atomic E-state index is 0.256. The molecule has 1 aromatic rings. The molecule has 16 heavy (non-hydrogen) atoms. The topological polar surface area (TPSA) is 72.5 Å². The van der Waals surface area contributed by atoms with Crippen LogP contribution in [0.25, 0.3) is 0 Å². The number of esters is 1. The van der Waals surface area contributed by atoms with E-state index >= 15 is 0 Å². The summed E-state index contributed by atoms with van der Waals surface area (Å²) >= 11 is 1.13. The third-order valence-electron chi connectivity index (χ3n) is 1.91. The summed E-state index contributed by atoms with van der Waals surface area (Å²) in [4.78, 5) is 11.6. The Morgan fingerprint density at radius 3 is 2.62 bits per heavy atom. The van der Waals surface area contributed by atoms with Crippen LogP contribution >= 0.6 is 11.3 Å². The van der Waals surface area contributed by atoms with Gasteiger partial charge in [0, 0.05) is 0 Å². The number of carbonyl (C=O) groups excluding carboxylic acids is 1. The molecule has 0 spiro atoms. The lowest BCUT2D eigenvalue weighted by molar-refractivity contribution is 0.0607. The first-order valence-electron chi connectivity index (χ1n) is 4.56. The number of methoxy groups -OCH3 is 1. The molecule has 7 heteroatoms. The Bertz CT molecular complexity index is 475. The standard InChI is InChI=1S/C9H13NO4S2/c1-6(2)16(12,13)10-7-4-5-15-8(7)9(11)14-3/h4-6,10H,1-3H3. The molecule has 0 aromatic carbocycles. The smallest absolute Gasteiger partial charge is 0.350 e. The van der Waals surface area contributed by atoms with E-state index < -0.39 is 21.2 Å². The molecule has 0 aliphatic rings. The number of hydrogen-bond donors (Lipinski definition) is 1. The second-order valence-electron chi connectivity index (χ2n) is 3.35. The zero-order valence-electron chi connectivity index (χ0n) is 9.18. The fraction of sp³-hybridized carbons (Fsp3) is 0.444. The molecule has 0 aliphatic carbocycles. The summed E-state index contributed by atoms with van der Waals surface area (Å²) in [6.07, 6.45) is 0. The molecule has 1 heterocycles.